The maximum absolute atomic E-state index is 12.0. The maximum atomic E-state index is 12.0. The summed E-state index contributed by atoms with van der Waals surface area (Å²) in [5.74, 6) is -0.614. The second-order valence-corrected chi connectivity index (χ2v) is 4.26. The van der Waals surface area contributed by atoms with Gasteiger partial charge in [0.25, 0.3) is 0 Å². The molecular formula is C10H20N4O3. The Labute approximate surface area is 101 Å². The highest BCUT2D eigenvalue weighted by Crippen LogP contribution is 2.18. The van der Waals surface area contributed by atoms with Crippen molar-refractivity contribution < 1.29 is 14.8 Å². The molecule has 17 heavy (non-hydrogen) atoms. The molecule has 0 aromatic heterocycles. The zero-order chi connectivity index (χ0) is 13.6. The monoisotopic (exact) mass is 244 g/mol. The first-order chi connectivity index (χ1) is 7.77. The molecule has 0 atom stereocenters. The van der Waals surface area contributed by atoms with Crippen molar-refractivity contribution in [3.63, 3.8) is 0 Å². The van der Waals surface area contributed by atoms with Crippen LogP contribution in [0.25, 0.3) is 0 Å². The highest BCUT2D eigenvalue weighted by Gasteiger charge is 2.35. The second-order valence-electron chi connectivity index (χ2n) is 4.26. The number of amidine groups is 1. The van der Waals surface area contributed by atoms with Crippen molar-refractivity contribution in [1.29, 1.82) is 0 Å². The van der Waals surface area contributed by atoms with Crippen LogP contribution in [0.4, 0.5) is 0 Å². The number of nitrogens with zero attached hydrogens (tertiary/aromatic N) is 2. The van der Waals surface area contributed by atoms with Gasteiger partial charge in [-0.15, -0.1) is 0 Å². The van der Waals surface area contributed by atoms with Crippen LogP contribution in [-0.2, 0) is 9.59 Å². The Morgan fingerprint density at radius 1 is 1.47 bits per heavy atom. The minimum Gasteiger partial charge on any atom is -0.409 e. The van der Waals surface area contributed by atoms with Gasteiger partial charge in [0.05, 0.1) is 0 Å². The number of hydrogen-bond donors (Lipinski definition) is 3. The summed E-state index contributed by atoms with van der Waals surface area (Å²) in [6.45, 7) is 3.39. The van der Waals surface area contributed by atoms with Gasteiger partial charge < -0.3 is 21.2 Å². The average molecular weight is 244 g/mol. The molecule has 0 bridgehead atoms. The van der Waals surface area contributed by atoms with Crippen molar-refractivity contribution in [1.82, 2.24) is 10.2 Å². The van der Waals surface area contributed by atoms with Crippen LogP contribution in [0.1, 0.15) is 20.3 Å². The van der Waals surface area contributed by atoms with Gasteiger partial charge in [-0.25, -0.2) is 0 Å². The molecule has 0 fully saturated rings. The summed E-state index contributed by atoms with van der Waals surface area (Å²) in [6, 6.07) is 0. The van der Waals surface area contributed by atoms with Crippen molar-refractivity contribution in [3.8, 4) is 0 Å². The van der Waals surface area contributed by atoms with E-state index >= 15 is 0 Å². The highest BCUT2D eigenvalue weighted by atomic mass is 16.4. The first kappa shape index (κ1) is 15.2. The second kappa shape index (κ2) is 6.07. The van der Waals surface area contributed by atoms with Gasteiger partial charge in [0.15, 0.2) is 5.84 Å². The van der Waals surface area contributed by atoms with E-state index in [1.807, 2.05) is 0 Å². The number of carbonyl (C=O) groups excluding carboxylic acids is 2. The number of nitrogens with one attached hydrogen (secondary N) is 1. The third kappa shape index (κ3) is 3.93. The zero-order valence-corrected chi connectivity index (χ0v) is 10.6. The van der Waals surface area contributed by atoms with E-state index in [4.69, 9.17) is 10.9 Å². The molecule has 0 saturated heterocycles. The van der Waals surface area contributed by atoms with Crippen LogP contribution >= 0.6 is 0 Å². The number of amides is 2. The van der Waals surface area contributed by atoms with Gasteiger partial charge in [0.2, 0.25) is 11.8 Å². The van der Waals surface area contributed by atoms with Crippen molar-refractivity contribution in [2.75, 3.05) is 20.6 Å². The van der Waals surface area contributed by atoms with E-state index in [1.54, 1.807) is 20.9 Å². The molecule has 0 aliphatic rings. The van der Waals surface area contributed by atoms with Gasteiger partial charge in [-0.3, -0.25) is 9.59 Å². The minimum absolute atomic E-state index is 0.147. The summed E-state index contributed by atoms with van der Waals surface area (Å²) < 4.78 is 0. The molecule has 0 radical (unpaired) electrons. The quantitative estimate of drug-likeness (QED) is 0.258. The number of carbonyl (C=O) groups is 2. The standard InChI is InChI=1S/C10H20N4O3/c1-10(2,8(11)13-17)9(16)14(4)6-5-7(15)12-3/h17H,5-6H2,1-4H3,(H2,11,13)(H,12,15). The molecule has 0 aliphatic heterocycles. The largest absolute Gasteiger partial charge is 0.409 e. The van der Waals surface area contributed by atoms with Crippen molar-refractivity contribution in [2.45, 2.75) is 20.3 Å². The maximum Gasteiger partial charge on any atom is 0.235 e. The van der Waals surface area contributed by atoms with Gasteiger partial charge in [-0.05, 0) is 13.8 Å². The molecular weight excluding hydrogens is 224 g/mol. The summed E-state index contributed by atoms with van der Waals surface area (Å²) in [6.07, 6.45) is 0.213. The average Bonchev–Trinajstić information content (AvgIpc) is 2.32. The summed E-state index contributed by atoms with van der Waals surface area (Å²) in [7, 11) is 3.10. The van der Waals surface area contributed by atoms with E-state index in [0.717, 1.165) is 0 Å². The van der Waals surface area contributed by atoms with E-state index in [-0.39, 0.29) is 30.6 Å². The lowest BCUT2D eigenvalue weighted by molar-refractivity contribution is -0.136. The van der Waals surface area contributed by atoms with Gasteiger partial charge >= 0.3 is 0 Å². The summed E-state index contributed by atoms with van der Waals surface area (Å²) in [4.78, 5) is 24.4. The fourth-order valence-corrected chi connectivity index (χ4v) is 1.21. The van der Waals surface area contributed by atoms with E-state index in [2.05, 4.69) is 10.5 Å². The van der Waals surface area contributed by atoms with Crippen molar-refractivity contribution in [2.24, 2.45) is 16.3 Å². The molecule has 4 N–H and O–H groups in total. The normalized spacial score (nSPS) is 12.1. The van der Waals surface area contributed by atoms with Crippen LogP contribution < -0.4 is 11.1 Å². The Bertz CT molecular complexity index is 326. The molecule has 0 saturated carbocycles. The van der Waals surface area contributed by atoms with Crippen molar-refractivity contribution >= 4 is 17.6 Å². The van der Waals surface area contributed by atoms with Crippen LogP contribution in [0.2, 0.25) is 0 Å². The van der Waals surface area contributed by atoms with Gasteiger partial charge in [0.1, 0.15) is 5.41 Å². The molecule has 98 valence electrons. The summed E-state index contributed by atoms with van der Waals surface area (Å²) >= 11 is 0. The smallest absolute Gasteiger partial charge is 0.235 e. The molecule has 0 aromatic rings. The molecule has 0 unspecified atom stereocenters. The van der Waals surface area contributed by atoms with E-state index in [9.17, 15) is 9.59 Å². The fraction of sp³-hybridized carbons (Fsp3) is 0.700. The SMILES string of the molecule is CNC(=O)CCN(C)C(=O)C(C)(C)C(N)=NO. The number of nitrogens with two attached hydrogens (primary N) is 1. The topological polar surface area (TPSA) is 108 Å². The molecule has 0 spiro atoms. The molecule has 0 aromatic carbocycles. The minimum atomic E-state index is -1.09. The van der Waals surface area contributed by atoms with Crippen LogP contribution in [0.15, 0.2) is 5.16 Å². The van der Waals surface area contributed by atoms with Crippen LogP contribution in [0.5, 0.6) is 0 Å². The Balaban J connectivity index is 4.55. The molecule has 0 aliphatic carbocycles. The molecule has 0 rings (SSSR count). The van der Waals surface area contributed by atoms with Gasteiger partial charge in [-0.2, -0.15) is 0 Å². The lowest BCUT2D eigenvalue weighted by atomic mass is 9.90. The lowest BCUT2D eigenvalue weighted by Gasteiger charge is -2.27. The van der Waals surface area contributed by atoms with Gasteiger partial charge in [0, 0.05) is 27.1 Å². The number of oxime groups is 1. The van der Waals surface area contributed by atoms with Crippen LogP contribution in [-0.4, -0.2) is 48.4 Å². The van der Waals surface area contributed by atoms with E-state index < -0.39 is 5.41 Å². The van der Waals surface area contributed by atoms with Crippen LogP contribution in [0, 0.1) is 5.41 Å². The first-order valence-electron chi connectivity index (χ1n) is 5.21. The first-order valence-corrected chi connectivity index (χ1v) is 5.21. The van der Waals surface area contributed by atoms with E-state index in [1.165, 1.54) is 11.9 Å². The molecule has 2 amide bonds. The number of hydrogen-bond acceptors (Lipinski definition) is 4. The predicted octanol–water partition coefficient (Wildman–Crippen LogP) is -0.646. The lowest BCUT2D eigenvalue weighted by Crippen LogP contribution is -2.47. The third-order valence-corrected chi connectivity index (χ3v) is 2.58. The summed E-state index contributed by atoms with van der Waals surface area (Å²) in [5, 5.41) is 13.9. The Hall–Kier alpha value is -1.79. The Morgan fingerprint density at radius 3 is 2.41 bits per heavy atom. The predicted molar refractivity (Wildman–Crippen MR) is 63.5 cm³/mol. The molecule has 7 heteroatoms. The Kier molecular flexibility index (Phi) is 5.43. The van der Waals surface area contributed by atoms with Gasteiger partial charge in [-0.1, -0.05) is 5.16 Å². The fourth-order valence-electron chi connectivity index (χ4n) is 1.21. The third-order valence-electron chi connectivity index (χ3n) is 2.58. The highest BCUT2D eigenvalue weighted by molar-refractivity contribution is 6.05. The Morgan fingerprint density at radius 2 is 2.00 bits per heavy atom. The zero-order valence-electron chi connectivity index (χ0n) is 10.6. The van der Waals surface area contributed by atoms with Crippen molar-refractivity contribution in [3.05, 3.63) is 0 Å². The molecule has 0 heterocycles. The van der Waals surface area contributed by atoms with Crippen LogP contribution in [0.3, 0.4) is 0 Å². The number of rotatable bonds is 5. The molecule has 7 nitrogen and oxygen atoms in total. The van der Waals surface area contributed by atoms with E-state index in [0.29, 0.717) is 0 Å². The summed E-state index contributed by atoms with van der Waals surface area (Å²) in [5.41, 5.74) is 4.35.